The smallest absolute Gasteiger partial charge is 0.161 e. The number of benzene rings is 1. The number of fused-ring (bicyclic) bond motifs is 2. The van der Waals surface area contributed by atoms with Gasteiger partial charge in [-0.3, -0.25) is 0 Å². The second-order valence-electron chi connectivity index (χ2n) is 8.81. The summed E-state index contributed by atoms with van der Waals surface area (Å²) in [7, 11) is 4.40. The van der Waals surface area contributed by atoms with Crippen molar-refractivity contribution in [1.82, 2.24) is 29.8 Å². The van der Waals surface area contributed by atoms with Crippen molar-refractivity contribution < 1.29 is 0 Å². The number of H-pyrrole nitrogens is 1. The van der Waals surface area contributed by atoms with E-state index >= 15 is 0 Å². The molecule has 3 aromatic heterocycles. The van der Waals surface area contributed by atoms with Gasteiger partial charge in [0.15, 0.2) is 5.65 Å². The number of hydrogen-bond donors (Lipinski definition) is 1. The molecule has 0 saturated carbocycles. The van der Waals surface area contributed by atoms with E-state index in [1.54, 1.807) is 24.4 Å². The molecular weight excluding hydrogens is 418 g/mol. The molecular formula is C24H29N7S. The number of nitrogens with zero attached hydrogens (tertiary/aromatic N) is 6. The number of imidazole rings is 1. The molecule has 166 valence electrons. The van der Waals surface area contributed by atoms with Gasteiger partial charge in [0.1, 0.15) is 22.7 Å². The van der Waals surface area contributed by atoms with E-state index in [-0.39, 0.29) is 0 Å². The van der Waals surface area contributed by atoms with Crippen LogP contribution in [0.4, 0.5) is 5.82 Å². The summed E-state index contributed by atoms with van der Waals surface area (Å²) < 4.78 is 0. The summed E-state index contributed by atoms with van der Waals surface area (Å²) in [4.78, 5) is 26.2. The summed E-state index contributed by atoms with van der Waals surface area (Å²) in [5.74, 6) is 2.56. The first-order valence-electron chi connectivity index (χ1n) is 11.1. The molecule has 8 heteroatoms. The van der Waals surface area contributed by atoms with Gasteiger partial charge in [0.05, 0.1) is 11.8 Å². The van der Waals surface area contributed by atoms with Crippen LogP contribution in [0.2, 0.25) is 0 Å². The Balaban J connectivity index is 1.45. The minimum atomic E-state index is 0.705. The number of para-hydroxylation sites is 1. The lowest BCUT2D eigenvalue weighted by Crippen LogP contribution is -2.36. The lowest BCUT2D eigenvalue weighted by molar-refractivity contribution is 0.222. The number of rotatable bonds is 6. The molecule has 1 saturated heterocycles. The van der Waals surface area contributed by atoms with Gasteiger partial charge in [-0.2, -0.15) is 0 Å². The van der Waals surface area contributed by atoms with E-state index in [4.69, 9.17) is 4.98 Å². The summed E-state index contributed by atoms with van der Waals surface area (Å²) in [5.41, 5.74) is 5.12. The van der Waals surface area contributed by atoms with Crippen molar-refractivity contribution in [1.29, 1.82) is 0 Å². The molecule has 0 spiro atoms. The number of thioether (sulfide) groups is 1. The second kappa shape index (κ2) is 9.03. The number of aromatic amines is 1. The predicted molar refractivity (Wildman–Crippen MR) is 131 cm³/mol. The Morgan fingerprint density at radius 3 is 2.84 bits per heavy atom. The van der Waals surface area contributed by atoms with Gasteiger partial charge < -0.3 is 14.8 Å². The van der Waals surface area contributed by atoms with Gasteiger partial charge in [0.2, 0.25) is 0 Å². The van der Waals surface area contributed by atoms with Crippen molar-refractivity contribution in [2.75, 3.05) is 38.6 Å². The highest BCUT2D eigenvalue weighted by molar-refractivity contribution is 7.98. The fraction of sp³-hybridized carbons (Fsp3) is 0.417. The Kier molecular flexibility index (Phi) is 5.97. The Morgan fingerprint density at radius 2 is 2.00 bits per heavy atom. The highest BCUT2D eigenvalue weighted by atomic mass is 32.2. The first-order chi connectivity index (χ1) is 15.6. The molecule has 0 amide bonds. The third kappa shape index (κ3) is 4.29. The summed E-state index contributed by atoms with van der Waals surface area (Å²) in [5, 5.41) is 2.08. The van der Waals surface area contributed by atoms with Crippen LogP contribution in [0.15, 0.2) is 41.9 Å². The van der Waals surface area contributed by atoms with E-state index in [1.807, 2.05) is 0 Å². The van der Waals surface area contributed by atoms with Gasteiger partial charge in [-0.25, -0.2) is 19.9 Å². The van der Waals surface area contributed by atoms with E-state index in [2.05, 4.69) is 75.0 Å². The van der Waals surface area contributed by atoms with Crippen molar-refractivity contribution >= 4 is 39.6 Å². The minimum absolute atomic E-state index is 0.705. The van der Waals surface area contributed by atoms with Crippen molar-refractivity contribution in [2.45, 2.75) is 30.5 Å². The number of hydrogen-bond acceptors (Lipinski definition) is 7. The molecule has 4 aromatic rings. The molecule has 4 heterocycles. The fourth-order valence-corrected chi connectivity index (χ4v) is 5.44. The lowest BCUT2D eigenvalue weighted by Gasteiger charge is -2.32. The van der Waals surface area contributed by atoms with Crippen LogP contribution < -0.4 is 4.90 Å². The van der Waals surface area contributed by atoms with Crippen molar-refractivity contribution in [3.05, 3.63) is 48.0 Å². The molecule has 1 fully saturated rings. The average molecular weight is 448 g/mol. The van der Waals surface area contributed by atoms with Gasteiger partial charge >= 0.3 is 0 Å². The Labute approximate surface area is 192 Å². The van der Waals surface area contributed by atoms with Crippen LogP contribution in [0, 0.1) is 12.8 Å². The number of pyridine rings is 1. The third-order valence-electron chi connectivity index (χ3n) is 6.38. The molecule has 1 N–H and O–H groups in total. The van der Waals surface area contributed by atoms with Crippen LogP contribution >= 0.6 is 11.8 Å². The molecule has 0 bridgehead atoms. The quantitative estimate of drug-likeness (QED) is 0.349. The first-order valence-corrected chi connectivity index (χ1v) is 12.1. The van der Waals surface area contributed by atoms with E-state index < -0.39 is 0 Å². The van der Waals surface area contributed by atoms with E-state index in [0.717, 1.165) is 39.8 Å². The molecule has 0 aliphatic carbocycles. The van der Waals surface area contributed by atoms with Gasteiger partial charge in [-0.05, 0) is 57.5 Å². The van der Waals surface area contributed by atoms with Crippen LogP contribution in [-0.2, 0) is 5.75 Å². The van der Waals surface area contributed by atoms with Crippen LogP contribution in [0.1, 0.15) is 24.0 Å². The maximum Gasteiger partial charge on any atom is 0.161 e. The summed E-state index contributed by atoms with van der Waals surface area (Å²) >= 11 is 1.69. The van der Waals surface area contributed by atoms with E-state index in [0.29, 0.717) is 5.92 Å². The summed E-state index contributed by atoms with van der Waals surface area (Å²) in [6.07, 6.45) is 5.76. The standard InChI is InChI=1S/C24H29N7S/c1-16-5-4-6-18-11-19(13-32-24-21-22(26-14-25-21)27-15-28-24)23(29-20(16)18)31(3)12-17-7-9-30(2)10-8-17/h4-6,11,14-15,17H,7-10,12-13H2,1-3H3,(H,25,26,27,28). The zero-order valence-corrected chi connectivity index (χ0v) is 19.7. The summed E-state index contributed by atoms with van der Waals surface area (Å²) in [6.45, 7) is 5.53. The molecule has 0 atom stereocenters. The fourth-order valence-electron chi connectivity index (χ4n) is 4.53. The van der Waals surface area contributed by atoms with Gasteiger partial charge in [0, 0.05) is 30.3 Å². The van der Waals surface area contributed by atoms with Crippen molar-refractivity contribution in [3.8, 4) is 0 Å². The number of likely N-dealkylation sites (tertiary alicyclic amines) is 1. The van der Waals surface area contributed by atoms with E-state index in [9.17, 15) is 0 Å². The Morgan fingerprint density at radius 1 is 1.16 bits per heavy atom. The Hall–Kier alpha value is -2.71. The predicted octanol–water partition coefficient (Wildman–Crippen LogP) is 4.28. The third-order valence-corrected chi connectivity index (χ3v) is 7.41. The molecule has 0 unspecified atom stereocenters. The van der Waals surface area contributed by atoms with E-state index in [1.165, 1.54) is 42.4 Å². The number of nitrogens with one attached hydrogen (secondary N) is 1. The monoisotopic (exact) mass is 447 g/mol. The van der Waals surface area contributed by atoms with Gasteiger partial charge in [-0.1, -0.05) is 30.0 Å². The van der Waals surface area contributed by atoms with Crippen LogP contribution in [0.25, 0.3) is 22.1 Å². The van der Waals surface area contributed by atoms with Crippen LogP contribution in [0.3, 0.4) is 0 Å². The first kappa shape index (κ1) is 21.2. The molecule has 32 heavy (non-hydrogen) atoms. The average Bonchev–Trinajstić information content (AvgIpc) is 3.28. The maximum absolute atomic E-state index is 5.17. The lowest BCUT2D eigenvalue weighted by atomic mass is 9.96. The SMILES string of the molecule is Cc1cccc2cc(CSc3ncnc4[nH]cnc34)c(N(C)CC3CCN(C)CC3)nc12. The van der Waals surface area contributed by atoms with Gasteiger partial charge in [-0.15, -0.1) is 0 Å². The van der Waals surface area contributed by atoms with Crippen LogP contribution in [-0.4, -0.2) is 63.5 Å². The molecule has 1 aliphatic heterocycles. The van der Waals surface area contributed by atoms with Gasteiger partial charge in [0.25, 0.3) is 0 Å². The zero-order chi connectivity index (χ0) is 22.1. The minimum Gasteiger partial charge on any atom is -0.359 e. The molecule has 7 nitrogen and oxygen atoms in total. The second-order valence-corrected chi connectivity index (χ2v) is 9.78. The zero-order valence-electron chi connectivity index (χ0n) is 18.9. The topological polar surface area (TPSA) is 73.8 Å². The number of aromatic nitrogens is 5. The highest BCUT2D eigenvalue weighted by Crippen LogP contribution is 2.32. The number of aryl methyl sites for hydroxylation is 1. The van der Waals surface area contributed by atoms with Crippen molar-refractivity contribution in [3.63, 3.8) is 0 Å². The maximum atomic E-state index is 5.17. The van der Waals surface area contributed by atoms with Crippen LogP contribution in [0.5, 0.6) is 0 Å². The largest absolute Gasteiger partial charge is 0.359 e. The normalized spacial score (nSPS) is 15.6. The molecule has 0 radical (unpaired) electrons. The molecule has 5 rings (SSSR count). The molecule has 1 aliphatic rings. The Bertz CT molecular complexity index is 1230. The van der Waals surface area contributed by atoms with Crippen molar-refractivity contribution in [2.24, 2.45) is 5.92 Å². The summed E-state index contributed by atoms with van der Waals surface area (Å²) in [6, 6.07) is 8.70. The number of anilines is 1. The molecule has 1 aromatic carbocycles. The number of piperidine rings is 1. The highest BCUT2D eigenvalue weighted by Gasteiger charge is 2.21.